The van der Waals surface area contributed by atoms with Crippen LogP contribution in [0.4, 0.5) is 4.39 Å². The van der Waals surface area contributed by atoms with Crippen molar-refractivity contribution in [2.45, 2.75) is 26.3 Å². The van der Waals surface area contributed by atoms with Gasteiger partial charge >= 0.3 is 0 Å². The average molecular weight is 260 g/mol. The van der Waals surface area contributed by atoms with E-state index in [9.17, 15) is 9.18 Å². The molecular weight excluding hydrogens is 245 g/mol. The summed E-state index contributed by atoms with van der Waals surface area (Å²) in [6.07, 6.45) is 0.239. The molecule has 1 rings (SSSR count). The number of hydrogen-bond acceptors (Lipinski definition) is 2. The molecule has 94 valence electrons. The Labute approximate surface area is 105 Å². The van der Waals surface area contributed by atoms with Crippen molar-refractivity contribution in [1.29, 1.82) is 0 Å². The van der Waals surface area contributed by atoms with Crippen LogP contribution in [0.3, 0.4) is 0 Å². The largest absolute Gasteiger partial charge is 0.493 e. The number of amides is 1. The smallest absolute Gasteiger partial charge is 0.223 e. The maximum atomic E-state index is 13.0. The Morgan fingerprint density at radius 2 is 2.24 bits per heavy atom. The van der Waals surface area contributed by atoms with Gasteiger partial charge in [-0.3, -0.25) is 4.79 Å². The van der Waals surface area contributed by atoms with Crippen LogP contribution in [-0.4, -0.2) is 18.6 Å². The molecule has 0 fully saturated rings. The van der Waals surface area contributed by atoms with Gasteiger partial charge in [-0.15, -0.1) is 0 Å². The predicted molar refractivity (Wildman–Crippen MR) is 64.8 cm³/mol. The molecule has 0 heterocycles. The lowest BCUT2D eigenvalue weighted by atomic mass is 10.3. The van der Waals surface area contributed by atoms with E-state index < -0.39 is 5.82 Å². The van der Waals surface area contributed by atoms with Gasteiger partial charge in [-0.25, -0.2) is 4.39 Å². The molecule has 0 aliphatic carbocycles. The lowest BCUT2D eigenvalue weighted by Crippen LogP contribution is -2.31. The first-order chi connectivity index (χ1) is 7.99. The van der Waals surface area contributed by atoms with Gasteiger partial charge in [0, 0.05) is 12.1 Å². The molecule has 0 aromatic heterocycles. The summed E-state index contributed by atoms with van der Waals surface area (Å²) in [6.45, 7) is 3.97. The van der Waals surface area contributed by atoms with E-state index in [1.165, 1.54) is 12.1 Å². The van der Waals surface area contributed by atoms with Crippen molar-refractivity contribution in [3.63, 3.8) is 0 Å². The molecule has 17 heavy (non-hydrogen) atoms. The average Bonchev–Trinajstić information content (AvgIpc) is 2.22. The zero-order valence-corrected chi connectivity index (χ0v) is 10.6. The molecular formula is C12H15ClFNO2. The first kappa shape index (κ1) is 13.8. The zero-order chi connectivity index (χ0) is 12.8. The highest BCUT2D eigenvalue weighted by atomic mass is 35.5. The zero-order valence-electron chi connectivity index (χ0n) is 9.80. The third-order valence-electron chi connectivity index (χ3n) is 1.94. The summed E-state index contributed by atoms with van der Waals surface area (Å²) in [5.41, 5.74) is 0. The fourth-order valence-electron chi connectivity index (χ4n) is 1.22. The number of carbonyl (C=O) groups is 1. The van der Waals surface area contributed by atoms with Gasteiger partial charge in [0.2, 0.25) is 5.91 Å². The van der Waals surface area contributed by atoms with Crippen LogP contribution in [0.25, 0.3) is 0 Å². The monoisotopic (exact) mass is 259 g/mol. The predicted octanol–water partition coefficient (Wildman–Crippen LogP) is 2.77. The second-order valence-electron chi connectivity index (χ2n) is 3.90. The Morgan fingerprint density at radius 3 is 2.82 bits per heavy atom. The minimum Gasteiger partial charge on any atom is -0.493 e. The first-order valence-corrected chi connectivity index (χ1v) is 5.74. The first-order valence-electron chi connectivity index (χ1n) is 5.36. The van der Waals surface area contributed by atoms with E-state index in [4.69, 9.17) is 16.3 Å². The highest BCUT2D eigenvalue weighted by Gasteiger charge is 2.05. The SMILES string of the molecule is CC(C)NC(=O)CCOc1ccc(Cl)c(F)c1. The lowest BCUT2D eigenvalue weighted by molar-refractivity contribution is -0.122. The minimum absolute atomic E-state index is 0.0508. The number of nitrogens with one attached hydrogen (secondary N) is 1. The van der Waals surface area contributed by atoms with Crippen LogP contribution < -0.4 is 10.1 Å². The van der Waals surface area contributed by atoms with E-state index in [1.54, 1.807) is 6.07 Å². The molecule has 1 aromatic carbocycles. The van der Waals surface area contributed by atoms with Crippen LogP contribution in [0.15, 0.2) is 18.2 Å². The molecule has 0 atom stereocenters. The Hall–Kier alpha value is -1.29. The summed E-state index contributed by atoms with van der Waals surface area (Å²) in [6, 6.07) is 4.28. The molecule has 0 radical (unpaired) electrons. The van der Waals surface area contributed by atoms with Crippen LogP contribution in [-0.2, 0) is 4.79 Å². The van der Waals surface area contributed by atoms with Crippen molar-refractivity contribution >= 4 is 17.5 Å². The van der Waals surface area contributed by atoms with Gasteiger partial charge in [-0.1, -0.05) is 11.6 Å². The van der Waals surface area contributed by atoms with Crippen molar-refractivity contribution in [1.82, 2.24) is 5.32 Å². The Morgan fingerprint density at radius 1 is 1.53 bits per heavy atom. The molecule has 0 unspecified atom stereocenters. The van der Waals surface area contributed by atoms with Crippen LogP contribution in [0, 0.1) is 5.82 Å². The van der Waals surface area contributed by atoms with E-state index in [-0.39, 0.29) is 30.0 Å². The van der Waals surface area contributed by atoms with Gasteiger partial charge in [-0.2, -0.15) is 0 Å². The number of benzene rings is 1. The second-order valence-corrected chi connectivity index (χ2v) is 4.30. The molecule has 0 saturated heterocycles. The molecule has 0 saturated carbocycles. The lowest BCUT2D eigenvalue weighted by Gasteiger charge is -2.09. The summed E-state index contributed by atoms with van der Waals surface area (Å²) < 4.78 is 18.3. The molecule has 0 bridgehead atoms. The number of halogens is 2. The second kappa shape index (κ2) is 6.45. The van der Waals surface area contributed by atoms with Gasteiger partial charge < -0.3 is 10.1 Å². The maximum absolute atomic E-state index is 13.0. The molecule has 1 aromatic rings. The summed E-state index contributed by atoms with van der Waals surface area (Å²) in [7, 11) is 0. The Balaban J connectivity index is 2.36. The van der Waals surface area contributed by atoms with E-state index in [1.807, 2.05) is 13.8 Å². The van der Waals surface area contributed by atoms with Crippen molar-refractivity contribution in [2.75, 3.05) is 6.61 Å². The van der Waals surface area contributed by atoms with E-state index in [0.29, 0.717) is 5.75 Å². The summed E-state index contributed by atoms with van der Waals surface area (Å²) >= 11 is 5.53. The van der Waals surface area contributed by atoms with Crippen molar-refractivity contribution in [3.8, 4) is 5.75 Å². The number of hydrogen-bond donors (Lipinski definition) is 1. The highest BCUT2D eigenvalue weighted by molar-refractivity contribution is 6.30. The van der Waals surface area contributed by atoms with Crippen LogP contribution in [0.1, 0.15) is 20.3 Å². The topological polar surface area (TPSA) is 38.3 Å². The summed E-state index contributed by atoms with van der Waals surface area (Å²) in [4.78, 5) is 11.3. The highest BCUT2D eigenvalue weighted by Crippen LogP contribution is 2.20. The molecule has 1 N–H and O–H groups in total. The third kappa shape index (κ3) is 5.04. The molecule has 3 nitrogen and oxygen atoms in total. The normalized spacial score (nSPS) is 10.4. The van der Waals surface area contributed by atoms with Gasteiger partial charge in [0.05, 0.1) is 18.1 Å². The van der Waals surface area contributed by atoms with E-state index in [0.717, 1.165) is 0 Å². The van der Waals surface area contributed by atoms with Crippen molar-refractivity contribution in [3.05, 3.63) is 29.0 Å². The van der Waals surface area contributed by atoms with Gasteiger partial charge in [0.25, 0.3) is 0 Å². The Kier molecular flexibility index (Phi) is 5.22. The standard InChI is InChI=1S/C12H15ClFNO2/c1-8(2)15-12(16)5-6-17-9-3-4-10(13)11(14)7-9/h3-4,7-8H,5-6H2,1-2H3,(H,15,16). The van der Waals surface area contributed by atoms with E-state index in [2.05, 4.69) is 5.32 Å². The van der Waals surface area contributed by atoms with Gasteiger partial charge in [0.15, 0.2) is 0 Å². The third-order valence-corrected chi connectivity index (χ3v) is 2.25. The van der Waals surface area contributed by atoms with Crippen LogP contribution in [0.5, 0.6) is 5.75 Å². The summed E-state index contributed by atoms with van der Waals surface area (Å²) in [5.74, 6) is -0.255. The van der Waals surface area contributed by atoms with E-state index >= 15 is 0 Å². The number of ether oxygens (including phenoxy) is 1. The Bertz CT molecular complexity index is 396. The van der Waals surface area contributed by atoms with Gasteiger partial charge in [-0.05, 0) is 26.0 Å². The minimum atomic E-state index is -0.532. The molecule has 0 aliphatic rings. The quantitative estimate of drug-likeness (QED) is 0.883. The number of rotatable bonds is 5. The molecule has 1 amide bonds. The van der Waals surface area contributed by atoms with Crippen molar-refractivity contribution < 1.29 is 13.9 Å². The molecule has 5 heteroatoms. The summed E-state index contributed by atoms with van der Waals surface area (Å²) in [5, 5.41) is 2.79. The van der Waals surface area contributed by atoms with Gasteiger partial charge in [0.1, 0.15) is 11.6 Å². The fraction of sp³-hybridized carbons (Fsp3) is 0.417. The van der Waals surface area contributed by atoms with Crippen LogP contribution >= 0.6 is 11.6 Å². The van der Waals surface area contributed by atoms with Crippen LogP contribution in [0.2, 0.25) is 5.02 Å². The van der Waals surface area contributed by atoms with Crippen molar-refractivity contribution in [2.24, 2.45) is 0 Å². The molecule has 0 aliphatic heterocycles. The number of carbonyl (C=O) groups excluding carboxylic acids is 1. The fourth-order valence-corrected chi connectivity index (χ4v) is 1.34. The molecule has 0 spiro atoms. The maximum Gasteiger partial charge on any atom is 0.223 e.